The Balaban J connectivity index is 1.82. The fourth-order valence-electron chi connectivity index (χ4n) is 3.85. The smallest absolute Gasteiger partial charge is 0.297 e. The SMILES string of the molecule is CCOc1c2ccccc2c(OCC)c2cc(S(=O)(=O)OCc3ccccc3[N+](=O)[O-])ccc12. The number of nitro benzene ring substituents is 1. The van der Waals surface area contributed by atoms with Crippen molar-refractivity contribution in [2.24, 2.45) is 0 Å². The number of hydrogen-bond acceptors (Lipinski definition) is 7. The van der Waals surface area contributed by atoms with Crippen LogP contribution in [0.4, 0.5) is 5.69 Å². The lowest BCUT2D eigenvalue weighted by Gasteiger charge is -2.17. The fraction of sp³-hybridized carbons (Fsp3) is 0.200. The van der Waals surface area contributed by atoms with E-state index in [9.17, 15) is 18.5 Å². The average molecular weight is 482 g/mol. The molecule has 34 heavy (non-hydrogen) atoms. The maximum Gasteiger partial charge on any atom is 0.297 e. The van der Waals surface area contributed by atoms with Crippen LogP contribution in [-0.2, 0) is 20.9 Å². The summed E-state index contributed by atoms with van der Waals surface area (Å²) in [6, 6.07) is 18.1. The topological polar surface area (TPSA) is 105 Å². The zero-order chi connectivity index (χ0) is 24.3. The summed E-state index contributed by atoms with van der Waals surface area (Å²) in [5, 5.41) is 14.2. The summed E-state index contributed by atoms with van der Waals surface area (Å²) in [4.78, 5) is 10.6. The Morgan fingerprint density at radius 1 is 0.794 bits per heavy atom. The van der Waals surface area contributed by atoms with Crippen molar-refractivity contribution in [3.8, 4) is 11.5 Å². The summed E-state index contributed by atoms with van der Waals surface area (Å²) in [5.41, 5.74) is -0.0424. The first kappa shape index (κ1) is 23.5. The summed E-state index contributed by atoms with van der Waals surface area (Å²) in [6.45, 7) is 4.10. The monoisotopic (exact) mass is 481 g/mol. The average Bonchev–Trinajstić information content (AvgIpc) is 2.84. The zero-order valence-electron chi connectivity index (χ0n) is 18.7. The normalized spacial score (nSPS) is 11.6. The van der Waals surface area contributed by atoms with Crippen LogP contribution in [-0.4, -0.2) is 26.6 Å². The minimum Gasteiger partial charge on any atom is -0.493 e. The van der Waals surface area contributed by atoms with Gasteiger partial charge in [0.05, 0.1) is 35.2 Å². The molecule has 0 saturated carbocycles. The quantitative estimate of drug-likeness (QED) is 0.132. The van der Waals surface area contributed by atoms with Crippen LogP contribution in [0.15, 0.2) is 71.6 Å². The molecule has 0 unspecified atom stereocenters. The van der Waals surface area contributed by atoms with Gasteiger partial charge in [0.2, 0.25) is 0 Å². The first-order valence-electron chi connectivity index (χ1n) is 10.7. The van der Waals surface area contributed by atoms with E-state index >= 15 is 0 Å². The third-order valence-electron chi connectivity index (χ3n) is 5.32. The molecule has 0 atom stereocenters. The molecule has 0 spiro atoms. The largest absolute Gasteiger partial charge is 0.493 e. The summed E-state index contributed by atoms with van der Waals surface area (Å²) in [6.07, 6.45) is 0. The first-order valence-corrected chi connectivity index (χ1v) is 12.1. The molecule has 0 aliphatic heterocycles. The number of hydrogen-bond donors (Lipinski definition) is 0. The zero-order valence-corrected chi connectivity index (χ0v) is 19.5. The van der Waals surface area contributed by atoms with E-state index in [1.165, 1.54) is 30.3 Å². The van der Waals surface area contributed by atoms with Crippen molar-refractivity contribution in [3.63, 3.8) is 0 Å². The molecule has 0 aromatic heterocycles. The van der Waals surface area contributed by atoms with E-state index in [1.54, 1.807) is 12.1 Å². The van der Waals surface area contributed by atoms with Gasteiger partial charge in [0.15, 0.2) is 0 Å². The molecular weight excluding hydrogens is 458 g/mol. The molecule has 4 aromatic rings. The van der Waals surface area contributed by atoms with Crippen LogP contribution in [0.2, 0.25) is 0 Å². The van der Waals surface area contributed by atoms with Crippen LogP contribution in [0.25, 0.3) is 21.5 Å². The third-order valence-corrected chi connectivity index (χ3v) is 6.58. The van der Waals surface area contributed by atoms with E-state index in [4.69, 9.17) is 13.7 Å². The maximum absolute atomic E-state index is 13.0. The van der Waals surface area contributed by atoms with E-state index in [0.29, 0.717) is 35.5 Å². The lowest BCUT2D eigenvalue weighted by Crippen LogP contribution is -2.08. The van der Waals surface area contributed by atoms with Crippen molar-refractivity contribution in [2.45, 2.75) is 25.3 Å². The van der Waals surface area contributed by atoms with Gasteiger partial charge in [0.1, 0.15) is 11.5 Å². The standard InChI is InChI=1S/C25H23NO7S/c1-3-31-24-19-10-6-7-11-20(19)25(32-4-2)22-15-18(13-14-21(22)24)34(29,30)33-16-17-9-5-8-12-23(17)26(27)28/h5-15H,3-4,16H2,1-2H3. The molecule has 8 nitrogen and oxygen atoms in total. The summed E-state index contributed by atoms with van der Waals surface area (Å²) in [7, 11) is -4.22. The van der Waals surface area contributed by atoms with Crippen molar-refractivity contribution >= 4 is 37.4 Å². The number of para-hydroxylation sites is 1. The summed E-state index contributed by atoms with van der Waals surface area (Å²) < 4.78 is 43.1. The van der Waals surface area contributed by atoms with Crippen LogP contribution in [0.5, 0.6) is 11.5 Å². The number of fused-ring (bicyclic) bond motifs is 2. The second-order valence-corrected chi connectivity index (χ2v) is 8.99. The highest BCUT2D eigenvalue weighted by Crippen LogP contribution is 2.43. The number of ether oxygens (including phenoxy) is 2. The van der Waals surface area contributed by atoms with E-state index < -0.39 is 21.6 Å². The Morgan fingerprint density at radius 2 is 1.35 bits per heavy atom. The second kappa shape index (κ2) is 9.66. The van der Waals surface area contributed by atoms with Crippen LogP contribution in [0.1, 0.15) is 19.4 Å². The summed E-state index contributed by atoms with van der Waals surface area (Å²) >= 11 is 0. The molecular formula is C25H23NO7S. The minimum absolute atomic E-state index is 0.0859. The fourth-order valence-corrected chi connectivity index (χ4v) is 4.77. The Labute approximate surface area is 197 Å². The van der Waals surface area contributed by atoms with Crippen LogP contribution >= 0.6 is 0 Å². The Kier molecular flexibility index (Phi) is 6.67. The van der Waals surface area contributed by atoms with E-state index in [2.05, 4.69) is 0 Å². The van der Waals surface area contributed by atoms with Gasteiger partial charge in [-0.05, 0) is 38.1 Å². The Bertz CT molecular complexity index is 1480. The highest BCUT2D eigenvalue weighted by molar-refractivity contribution is 7.86. The highest BCUT2D eigenvalue weighted by atomic mass is 32.2. The lowest BCUT2D eigenvalue weighted by molar-refractivity contribution is -0.385. The molecule has 0 aliphatic carbocycles. The van der Waals surface area contributed by atoms with E-state index in [-0.39, 0.29) is 16.1 Å². The molecule has 0 N–H and O–H groups in total. The maximum atomic E-state index is 13.0. The van der Waals surface area contributed by atoms with Crippen LogP contribution in [0, 0.1) is 10.1 Å². The van der Waals surface area contributed by atoms with Gasteiger partial charge >= 0.3 is 0 Å². The van der Waals surface area contributed by atoms with Crippen molar-refractivity contribution in [1.29, 1.82) is 0 Å². The van der Waals surface area contributed by atoms with Crippen LogP contribution in [0.3, 0.4) is 0 Å². The number of nitro groups is 1. The van der Waals surface area contributed by atoms with E-state index in [1.807, 2.05) is 38.1 Å². The molecule has 0 heterocycles. The number of benzene rings is 4. The first-order chi connectivity index (χ1) is 16.4. The molecule has 176 valence electrons. The van der Waals surface area contributed by atoms with Gasteiger partial charge in [0.25, 0.3) is 15.8 Å². The van der Waals surface area contributed by atoms with Crippen molar-refractivity contribution in [1.82, 2.24) is 0 Å². The number of rotatable bonds is 9. The Hall–Kier alpha value is -3.69. The highest BCUT2D eigenvalue weighted by Gasteiger charge is 2.22. The van der Waals surface area contributed by atoms with Gasteiger partial charge < -0.3 is 9.47 Å². The van der Waals surface area contributed by atoms with Gasteiger partial charge in [-0.2, -0.15) is 8.42 Å². The van der Waals surface area contributed by atoms with Gasteiger partial charge in [-0.1, -0.05) is 36.4 Å². The van der Waals surface area contributed by atoms with Crippen molar-refractivity contribution in [2.75, 3.05) is 13.2 Å². The third kappa shape index (κ3) is 4.40. The van der Waals surface area contributed by atoms with Gasteiger partial charge in [-0.3, -0.25) is 14.3 Å². The van der Waals surface area contributed by atoms with Crippen molar-refractivity contribution < 1.29 is 27.0 Å². The molecule has 0 radical (unpaired) electrons. The molecule has 0 fully saturated rings. The molecule has 0 saturated heterocycles. The van der Waals surface area contributed by atoms with Gasteiger partial charge in [-0.25, -0.2) is 0 Å². The molecule has 0 aliphatic rings. The molecule has 4 aromatic carbocycles. The molecule has 9 heteroatoms. The van der Waals surface area contributed by atoms with Crippen molar-refractivity contribution in [3.05, 3.63) is 82.4 Å². The lowest BCUT2D eigenvalue weighted by atomic mass is 10.0. The Morgan fingerprint density at radius 3 is 1.97 bits per heavy atom. The molecule has 4 rings (SSSR count). The predicted molar refractivity (Wildman–Crippen MR) is 129 cm³/mol. The van der Waals surface area contributed by atoms with Gasteiger partial charge in [0, 0.05) is 27.6 Å². The second-order valence-electron chi connectivity index (χ2n) is 7.38. The number of nitrogens with zero attached hydrogens (tertiary/aromatic N) is 1. The summed E-state index contributed by atoms with van der Waals surface area (Å²) in [5.74, 6) is 1.19. The minimum atomic E-state index is -4.22. The van der Waals surface area contributed by atoms with Gasteiger partial charge in [-0.15, -0.1) is 0 Å². The predicted octanol–water partition coefficient (Wildman–Crippen LogP) is 5.60. The van der Waals surface area contributed by atoms with E-state index in [0.717, 1.165) is 10.8 Å². The molecule has 0 amide bonds. The molecule has 0 bridgehead atoms. The van der Waals surface area contributed by atoms with Crippen LogP contribution < -0.4 is 9.47 Å².